The van der Waals surface area contributed by atoms with E-state index in [0.29, 0.717) is 29.5 Å². The SMILES string of the molecule is Cc1ccccc1.O=C(CCCC1=CC(=O)c2ccccc2C1=O)NCCO. The van der Waals surface area contributed by atoms with E-state index in [4.69, 9.17) is 5.11 Å². The number of aliphatic hydroxyl groups is 1. The summed E-state index contributed by atoms with van der Waals surface area (Å²) in [5.74, 6) is -0.467. The van der Waals surface area contributed by atoms with Gasteiger partial charge in [-0.15, -0.1) is 0 Å². The largest absolute Gasteiger partial charge is 0.395 e. The van der Waals surface area contributed by atoms with Gasteiger partial charge in [-0.2, -0.15) is 0 Å². The summed E-state index contributed by atoms with van der Waals surface area (Å²) in [5, 5.41) is 11.1. The van der Waals surface area contributed by atoms with E-state index in [1.807, 2.05) is 18.2 Å². The van der Waals surface area contributed by atoms with Gasteiger partial charge in [-0.1, -0.05) is 60.2 Å². The first kappa shape index (κ1) is 21.3. The summed E-state index contributed by atoms with van der Waals surface area (Å²) in [4.78, 5) is 35.6. The maximum absolute atomic E-state index is 12.3. The third kappa shape index (κ3) is 6.28. The summed E-state index contributed by atoms with van der Waals surface area (Å²) in [7, 11) is 0. The molecule has 1 amide bonds. The van der Waals surface area contributed by atoms with Crippen molar-refractivity contribution in [3.63, 3.8) is 0 Å². The average Bonchev–Trinajstić information content (AvgIpc) is 2.71. The van der Waals surface area contributed by atoms with Gasteiger partial charge in [0.2, 0.25) is 5.91 Å². The van der Waals surface area contributed by atoms with Crippen molar-refractivity contribution in [3.8, 4) is 0 Å². The Kier molecular flexibility index (Phi) is 8.31. The van der Waals surface area contributed by atoms with Gasteiger partial charge in [-0.3, -0.25) is 14.4 Å². The van der Waals surface area contributed by atoms with Crippen LogP contribution in [0.15, 0.2) is 66.2 Å². The molecule has 1 aliphatic carbocycles. The Bertz CT molecular complexity index is 856. The molecule has 0 atom stereocenters. The van der Waals surface area contributed by atoms with E-state index in [1.54, 1.807) is 24.3 Å². The van der Waals surface area contributed by atoms with Crippen LogP contribution < -0.4 is 5.32 Å². The average molecular weight is 379 g/mol. The quantitative estimate of drug-likeness (QED) is 0.807. The first-order valence-electron chi connectivity index (χ1n) is 9.30. The minimum absolute atomic E-state index is 0.0966. The standard InChI is InChI=1S/C16H17NO4.C7H8/c18-9-8-17-15(20)7-3-4-11-10-14(19)12-5-1-2-6-13(12)16(11)21;1-7-5-3-2-4-6-7/h1-2,5-6,10,18H,3-4,7-9H2,(H,17,20);2-6H,1H3. The molecule has 0 bridgehead atoms. The van der Waals surface area contributed by atoms with Crippen molar-refractivity contribution in [1.82, 2.24) is 5.32 Å². The Morgan fingerprint density at radius 2 is 1.61 bits per heavy atom. The van der Waals surface area contributed by atoms with E-state index in [1.165, 1.54) is 11.6 Å². The molecule has 0 unspecified atom stereocenters. The Morgan fingerprint density at radius 3 is 2.21 bits per heavy atom. The zero-order chi connectivity index (χ0) is 20.4. The van der Waals surface area contributed by atoms with Crippen LogP contribution in [0.1, 0.15) is 45.5 Å². The zero-order valence-electron chi connectivity index (χ0n) is 16.0. The lowest BCUT2D eigenvalue weighted by Gasteiger charge is -2.14. The molecule has 1 aliphatic rings. The van der Waals surface area contributed by atoms with Crippen molar-refractivity contribution in [2.45, 2.75) is 26.2 Å². The predicted molar refractivity (Wildman–Crippen MR) is 108 cm³/mol. The molecule has 2 aromatic rings. The lowest BCUT2D eigenvalue weighted by Crippen LogP contribution is -2.26. The maximum Gasteiger partial charge on any atom is 0.220 e. The van der Waals surface area contributed by atoms with E-state index in [9.17, 15) is 14.4 Å². The highest BCUT2D eigenvalue weighted by atomic mass is 16.3. The third-order valence-electron chi connectivity index (χ3n) is 4.26. The number of ketones is 2. The molecule has 146 valence electrons. The fourth-order valence-corrected chi connectivity index (χ4v) is 2.81. The van der Waals surface area contributed by atoms with Crippen LogP contribution in [0, 0.1) is 6.92 Å². The summed E-state index contributed by atoms with van der Waals surface area (Å²) in [5.41, 5.74) is 2.65. The fraction of sp³-hybridized carbons (Fsp3) is 0.261. The number of carbonyl (C=O) groups is 3. The second-order valence-electron chi connectivity index (χ2n) is 6.49. The number of amides is 1. The fourth-order valence-electron chi connectivity index (χ4n) is 2.81. The van der Waals surface area contributed by atoms with E-state index in [-0.39, 0.29) is 37.0 Å². The molecule has 0 aliphatic heterocycles. The molecular formula is C23H25NO4. The number of fused-ring (bicyclic) bond motifs is 1. The van der Waals surface area contributed by atoms with E-state index in [2.05, 4.69) is 24.4 Å². The second-order valence-corrected chi connectivity index (χ2v) is 6.49. The lowest BCUT2D eigenvalue weighted by molar-refractivity contribution is -0.121. The summed E-state index contributed by atoms with van der Waals surface area (Å²) in [6.07, 6.45) is 2.52. The Labute approximate surface area is 165 Å². The van der Waals surface area contributed by atoms with Crippen LogP contribution >= 0.6 is 0 Å². The molecule has 2 N–H and O–H groups in total. The van der Waals surface area contributed by atoms with Crippen molar-refractivity contribution in [2.75, 3.05) is 13.2 Å². The molecule has 0 radical (unpaired) electrons. The number of nitrogens with one attached hydrogen (secondary N) is 1. The van der Waals surface area contributed by atoms with Gasteiger partial charge >= 0.3 is 0 Å². The van der Waals surface area contributed by atoms with Gasteiger partial charge in [0.15, 0.2) is 11.6 Å². The number of hydrogen-bond acceptors (Lipinski definition) is 4. The number of hydrogen-bond donors (Lipinski definition) is 2. The number of allylic oxidation sites excluding steroid dienone is 2. The minimum atomic E-state index is -0.167. The van der Waals surface area contributed by atoms with E-state index >= 15 is 0 Å². The van der Waals surface area contributed by atoms with Gasteiger partial charge < -0.3 is 10.4 Å². The lowest BCUT2D eigenvalue weighted by atomic mass is 9.87. The van der Waals surface area contributed by atoms with Crippen molar-refractivity contribution in [3.05, 3.63) is 82.9 Å². The molecule has 0 saturated carbocycles. The molecule has 2 aromatic carbocycles. The number of aliphatic hydroxyl groups excluding tert-OH is 1. The van der Waals surface area contributed by atoms with Crippen LogP contribution in [-0.2, 0) is 4.79 Å². The molecule has 0 saturated heterocycles. The van der Waals surface area contributed by atoms with Crippen LogP contribution in [0.5, 0.6) is 0 Å². The van der Waals surface area contributed by atoms with Crippen molar-refractivity contribution < 1.29 is 19.5 Å². The zero-order valence-corrected chi connectivity index (χ0v) is 16.0. The highest BCUT2D eigenvalue weighted by Gasteiger charge is 2.24. The topological polar surface area (TPSA) is 83.5 Å². The summed E-state index contributed by atoms with van der Waals surface area (Å²) >= 11 is 0. The number of rotatable bonds is 6. The molecule has 5 heteroatoms. The van der Waals surface area contributed by atoms with Crippen LogP contribution in [0.4, 0.5) is 0 Å². The second kappa shape index (κ2) is 10.9. The van der Waals surface area contributed by atoms with Gasteiger partial charge in [0.05, 0.1) is 6.61 Å². The van der Waals surface area contributed by atoms with Crippen LogP contribution in [0.3, 0.4) is 0 Å². The monoisotopic (exact) mass is 379 g/mol. The van der Waals surface area contributed by atoms with Gasteiger partial charge in [-0.05, 0) is 25.8 Å². The highest BCUT2D eigenvalue weighted by molar-refractivity contribution is 6.24. The molecule has 0 heterocycles. The third-order valence-corrected chi connectivity index (χ3v) is 4.26. The van der Waals surface area contributed by atoms with Crippen molar-refractivity contribution >= 4 is 17.5 Å². The van der Waals surface area contributed by atoms with Crippen molar-refractivity contribution in [1.29, 1.82) is 0 Å². The number of Topliss-reactive ketones (excluding diaryl/α,β-unsaturated/α-hetero) is 1. The molecule has 0 aromatic heterocycles. The molecule has 28 heavy (non-hydrogen) atoms. The molecule has 0 spiro atoms. The van der Waals surface area contributed by atoms with Crippen LogP contribution in [-0.4, -0.2) is 35.7 Å². The first-order chi connectivity index (χ1) is 13.5. The smallest absolute Gasteiger partial charge is 0.220 e. The highest BCUT2D eigenvalue weighted by Crippen LogP contribution is 2.24. The predicted octanol–water partition coefficient (Wildman–Crippen LogP) is 3.27. The van der Waals surface area contributed by atoms with Crippen molar-refractivity contribution in [2.24, 2.45) is 0 Å². The Morgan fingerprint density at radius 1 is 0.964 bits per heavy atom. The Balaban J connectivity index is 0.000000336. The van der Waals surface area contributed by atoms with E-state index in [0.717, 1.165) is 0 Å². The maximum atomic E-state index is 12.3. The number of carbonyl (C=O) groups excluding carboxylic acids is 3. The minimum Gasteiger partial charge on any atom is -0.395 e. The number of benzene rings is 2. The van der Waals surface area contributed by atoms with E-state index < -0.39 is 0 Å². The summed E-state index contributed by atoms with van der Waals surface area (Å²) in [6, 6.07) is 17.0. The Hall–Kier alpha value is -3.05. The van der Waals surface area contributed by atoms with Gasteiger partial charge in [0, 0.05) is 29.7 Å². The van der Waals surface area contributed by atoms with Gasteiger partial charge in [0.1, 0.15) is 0 Å². The van der Waals surface area contributed by atoms with Crippen LogP contribution in [0.25, 0.3) is 0 Å². The van der Waals surface area contributed by atoms with Crippen LogP contribution in [0.2, 0.25) is 0 Å². The molecular weight excluding hydrogens is 354 g/mol. The molecule has 3 rings (SSSR count). The first-order valence-corrected chi connectivity index (χ1v) is 9.30. The van der Waals surface area contributed by atoms with Gasteiger partial charge in [0.25, 0.3) is 0 Å². The summed E-state index contributed by atoms with van der Waals surface area (Å²) < 4.78 is 0. The molecule has 5 nitrogen and oxygen atoms in total. The normalized spacial score (nSPS) is 12.4. The number of aryl methyl sites for hydroxylation is 1. The molecule has 0 fully saturated rings. The summed E-state index contributed by atoms with van der Waals surface area (Å²) in [6.45, 7) is 2.22. The van der Waals surface area contributed by atoms with Gasteiger partial charge in [-0.25, -0.2) is 0 Å².